The van der Waals surface area contributed by atoms with E-state index in [1.165, 1.54) is 46.8 Å². The summed E-state index contributed by atoms with van der Waals surface area (Å²) < 4.78 is 77.3. The van der Waals surface area contributed by atoms with Crippen LogP contribution in [-0.2, 0) is 30.5 Å². The van der Waals surface area contributed by atoms with E-state index >= 15 is 0 Å². The maximum Gasteiger partial charge on any atom is 0.417 e. The van der Waals surface area contributed by atoms with Gasteiger partial charge in [0.25, 0.3) is 5.91 Å². The number of carbonyl (C=O) groups excluding carboxylic acids is 2. The maximum absolute atomic E-state index is 13.2. The van der Waals surface area contributed by atoms with E-state index in [9.17, 15) is 31.2 Å². The topological polar surface area (TPSA) is 102 Å². The molecule has 1 atom stereocenters. The van der Waals surface area contributed by atoms with Crippen molar-refractivity contribution in [3.63, 3.8) is 0 Å². The van der Waals surface area contributed by atoms with Gasteiger partial charge >= 0.3 is 12.1 Å². The Hall–Kier alpha value is -3.45. The van der Waals surface area contributed by atoms with Gasteiger partial charge in [0.1, 0.15) is 0 Å². The first-order valence-electron chi connectivity index (χ1n) is 11.6. The lowest BCUT2D eigenvalue weighted by molar-refractivity contribution is -0.137. The van der Waals surface area contributed by atoms with Crippen LogP contribution in [0.2, 0.25) is 5.02 Å². The lowest BCUT2D eigenvalue weighted by Crippen LogP contribution is -2.40. The second-order valence-electron chi connectivity index (χ2n) is 8.42. The Morgan fingerprint density at radius 2 is 1.62 bits per heavy atom. The van der Waals surface area contributed by atoms with Crippen LogP contribution in [0, 0.1) is 0 Å². The number of amides is 1. The van der Waals surface area contributed by atoms with E-state index < -0.39 is 44.8 Å². The lowest BCUT2D eigenvalue weighted by atomic mass is 10.1. The van der Waals surface area contributed by atoms with Gasteiger partial charge in [-0.15, -0.1) is 0 Å². The summed E-state index contributed by atoms with van der Waals surface area (Å²) in [6, 6.07) is 15.8. The smallest absolute Gasteiger partial charge is 0.417 e. The number of hydrogen-bond donors (Lipinski definition) is 1. The van der Waals surface area contributed by atoms with Crippen LogP contribution in [0.15, 0.2) is 77.7 Å². The molecule has 0 spiro atoms. The summed E-state index contributed by atoms with van der Waals surface area (Å²) in [7, 11) is -3.79. The highest BCUT2D eigenvalue weighted by Crippen LogP contribution is 2.36. The second kappa shape index (κ2) is 11.7. The van der Waals surface area contributed by atoms with Crippen LogP contribution < -0.4 is 5.32 Å². The molecule has 3 aromatic carbocycles. The third-order valence-corrected chi connectivity index (χ3v) is 8.04. The SMILES string of the molecule is O=C(OC(C(=O)Nc1ccc(Cl)c(C(F)(F)F)c1)c1ccccc1)c1ccc(S(=O)(=O)N2CCOCC2)cc1. The Morgan fingerprint density at radius 1 is 0.974 bits per heavy atom. The molecule has 206 valence electrons. The number of benzene rings is 3. The van der Waals surface area contributed by atoms with Crippen molar-refractivity contribution in [3.05, 3.63) is 94.5 Å². The highest BCUT2D eigenvalue weighted by atomic mass is 35.5. The number of nitrogens with zero attached hydrogens (tertiary/aromatic N) is 1. The van der Waals surface area contributed by atoms with E-state index in [1.54, 1.807) is 18.2 Å². The van der Waals surface area contributed by atoms with Gasteiger partial charge in [-0.25, -0.2) is 13.2 Å². The highest BCUT2D eigenvalue weighted by molar-refractivity contribution is 7.89. The van der Waals surface area contributed by atoms with Gasteiger partial charge in [-0.1, -0.05) is 41.9 Å². The summed E-state index contributed by atoms with van der Waals surface area (Å²) in [5, 5.41) is 1.80. The molecule has 1 aliphatic rings. The fourth-order valence-corrected chi connectivity index (χ4v) is 5.44. The first-order valence-corrected chi connectivity index (χ1v) is 13.4. The summed E-state index contributed by atoms with van der Waals surface area (Å²) in [5.74, 6) is -1.85. The molecular formula is C26H22ClF3N2O6S. The number of ether oxygens (including phenoxy) is 2. The summed E-state index contributed by atoms with van der Waals surface area (Å²) in [5.41, 5.74) is -1.11. The van der Waals surface area contributed by atoms with E-state index in [1.807, 2.05) is 0 Å². The van der Waals surface area contributed by atoms with E-state index in [0.717, 1.165) is 6.07 Å². The molecule has 1 saturated heterocycles. The van der Waals surface area contributed by atoms with Crippen molar-refractivity contribution < 1.29 is 40.7 Å². The minimum Gasteiger partial charge on any atom is -0.444 e. The standard InChI is InChI=1S/C26H22ClF3N2O6S/c27-22-11-8-19(16-21(22)26(28,29)30)31-24(33)23(17-4-2-1-3-5-17)38-25(34)18-6-9-20(10-7-18)39(35,36)32-12-14-37-15-13-32/h1-11,16,23H,12-15H2,(H,31,33). The molecule has 1 unspecified atom stereocenters. The molecule has 0 radical (unpaired) electrons. The number of rotatable bonds is 7. The number of halogens is 4. The number of sulfonamides is 1. The van der Waals surface area contributed by atoms with Crippen molar-refractivity contribution in [1.29, 1.82) is 0 Å². The molecule has 1 heterocycles. The van der Waals surface area contributed by atoms with Crippen LogP contribution in [0.4, 0.5) is 18.9 Å². The molecule has 0 saturated carbocycles. The number of morpholine rings is 1. The second-order valence-corrected chi connectivity index (χ2v) is 10.8. The zero-order valence-electron chi connectivity index (χ0n) is 20.2. The predicted octanol–water partition coefficient (Wildman–Crippen LogP) is 4.92. The largest absolute Gasteiger partial charge is 0.444 e. The summed E-state index contributed by atoms with van der Waals surface area (Å²) in [4.78, 5) is 26.0. The zero-order valence-corrected chi connectivity index (χ0v) is 21.7. The van der Waals surface area contributed by atoms with Gasteiger partial charge in [-0.05, 0) is 42.5 Å². The Bertz CT molecular complexity index is 1440. The fourth-order valence-electron chi connectivity index (χ4n) is 3.80. The Balaban J connectivity index is 1.54. The van der Waals surface area contributed by atoms with E-state index in [0.29, 0.717) is 6.07 Å². The third kappa shape index (κ3) is 6.77. The van der Waals surface area contributed by atoms with Crippen LogP contribution in [0.3, 0.4) is 0 Å². The van der Waals surface area contributed by atoms with Gasteiger partial charge in [0.15, 0.2) is 0 Å². The average molecular weight is 583 g/mol. The predicted molar refractivity (Wildman–Crippen MR) is 136 cm³/mol. The van der Waals surface area contributed by atoms with Crippen LogP contribution in [-0.4, -0.2) is 50.9 Å². The first kappa shape index (κ1) is 28.6. The molecule has 3 aromatic rings. The summed E-state index contributed by atoms with van der Waals surface area (Å²) in [6.45, 7) is 0.969. The number of anilines is 1. The van der Waals surface area contributed by atoms with Crippen molar-refractivity contribution >= 4 is 39.2 Å². The molecule has 1 N–H and O–H groups in total. The van der Waals surface area contributed by atoms with E-state index in [-0.39, 0.29) is 48.0 Å². The van der Waals surface area contributed by atoms with Gasteiger partial charge in [-0.2, -0.15) is 17.5 Å². The minimum atomic E-state index is -4.75. The quantitative estimate of drug-likeness (QED) is 0.397. The molecule has 39 heavy (non-hydrogen) atoms. The number of alkyl halides is 3. The van der Waals surface area contributed by atoms with Gasteiger partial charge in [0.2, 0.25) is 16.1 Å². The fraction of sp³-hybridized carbons (Fsp3) is 0.231. The van der Waals surface area contributed by atoms with Crippen LogP contribution >= 0.6 is 11.6 Å². The van der Waals surface area contributed by atoms with Crippen LogP contribution in [0.25, 0.3) is 0 Å². The van der Waals surface area contributed by atoms with Gasteiger partial charge < -0.3 is 14.8 Å². The van der Waals surface area contributed by atoms with Gasteiger partial charge in [0.05, 0.1) is 34.3 Å². The molecular weight excluding hydrogens is 561 g/mol. The molecule has 8 nitrogen and oxygen atoms in total. The molecule has 1 aliphatic heterocycles. The Labute approximate surface area is 227 Å². The normalized spacial score (nSPS) is 15.4. The molecule has 1 amide bonds. The van der Waals surface area contributed by atoms with Crippen molar-refractivity contribution in [2.24, 2.45) is 0 Å². The van der Waals surface area contributed by atoms with Crippen molar-refractivity contribution in [1.82, 2.24) is 4.31 Å². The van der Waals surface area contributed by atoms with E-state index in [4.69, 9.17) is 21.1 Å². The Morgan fingerprint density at radius 3 is 2.23 bits per heavy atom. The zero-order chi connectivity index (χ0) is 28.2. The van der Waals surface area contributed by atoms with Crippen LogP contribution in [0.5, 0.6) is 0 Å². The number of esters is 1. The van der Waals surface area contributed by atoms with Gasteiger partial charge in [0, 0.05) is 24.3 Å². The number of carbonyl (C=O) groups is 2. The maximum atomic E-state index is 13.2. The molecule has 0 bridgehead atoms. The molecule has 13 heteroatoms. The average Bonchev–Trinajstić information content (AvgIpc) is 2.93. The third-order valence-electron chi connectivity index (χ3n) is 5.80. The highest BCUT2D eigenvalue weighted by Gasteiger charge is 2.34. The Kier molecular flexibility index (Phi) is 8.60. The number of hydrogen-bond acceptors (Lipinski definition) is 6. The first-order chi connectivity index (χ1) is 18.5. The number of nitrogens with one attached hydrogen (secondary N) is 1. The summed E-state index contributed by atoms with van der Waals surface area (Å²) >= 11 is 5.65. The van der Waals surface area contributed by atoms with Gasteiger partial charge in [-0.3, -0.25) is 4.79 Å². The lowest BCUT2D eigenvalue weighted by Gasteiger charge is -2.26. The molecule has 1 fully saturated rings. The van der Waals surface area contributed by atoms with E-state index in [2.05, 4.69) is 5.32 Å². The molecule has 0 aromatic heterocycles. The molecule has 4 rings (SSSR count). The van der Waals surface area contributed by atoms with Crippen molar-refractivity contribution in [3.8, 4) is 0 Å². The monoisotopic (exact) mass is 582 g/mol. The minimum absolute atomic E-state index is 0.0264. The molecule has 0 aliphatic carbocycles. The summed E-state index contributed by atoms with van der Waals surface area (Å²) in [6.07, 6.45) is -6.27. The van der Waals surface area contributed by atoms with Crippen molar-refractivity contribution in [2.75, 3.05) is 31.6 Å². The van der Waals surface area contributed by atoms with Crippen molar-refractivity contribution in [2.45, 2.75) is 17.2 Å². The van der Waals surface area contributed by atoms with Crippen LogP contribution in [0.1, 0.15) is 27.6 Å².